The molecule has 0 radical (unpaired) electrons. The van der Waals surface area contributed by atoms with E-state index in [0.717, 1.165) is 0 Å². The molecule has 0 fully saturated rings. The smallest absolute Gasteiger partial charge is 0.292 e. The summed E-state index contributed by atoms with van der Waals surface area (Å²) in [4.78, 5) is 23.8. The lowest BCUT2D eigenvalue weighted by atomic mass is 10.2. The zero-order valence-electron chi connectivity index (χ0n) is 14.2. The third-order valence-electron chi connectivity index (χ3n) is 3.43. The fourth-order valence-electron chi connectivity index (χ4n) is 2.06. The van der Waals surface area contributed by atoms with Crippen molar-refractivity contribution < 1.29 is 18.4 Å². The summed E-state index contributed by atoms with van der Waals surface area (Å²) in [6, 6.07) is 10.9. The van der Waals surface area contributed by atoms with Gasteiger partial charge in [-0.2, -0.15) is 0 Å². The van der Waals surface area contributed by atoms with Crippen LogP contribution in [0.1, 0.15) is 16.1 Å². The molecule has 1 aromatic carbocycles. The second kappa shape index (κ2) is 8.45. The van der Waals surface area contributed by atoms with Gasteiger partial charge in [0.2, 0.25) is 5.91 Å². The van der Waals surface area contributed by atoms with Crippen LogP contribution in [0.3, 0.4) is 0 Å². The SMILES string of the molecule is Cc1ccc(NC(=O)CSc2ccc(NC(=O)c3ccco3)nn2)cc1F. The quantitative estimate of drug-likeness (QED) is 0.630. The third-order valence-corrected chi connectivity index (χ3v) is 4.35. The van der Waals surface area contributed by atoms with Crippen molar-refractivity contribution in [2.24, 2.45) is 0 Å². The summed E-state index contributed by atoms with van der Waals surface area (Å²) in [5.41, 5.74) is 0.905. The predicted molar refractivity (Wildman–Crippen MR) is 99.2 cm³/mol. The number of nitrogens with one attached hydrogen (secondary N) is 2. The minimum Gasteiger partial charge on any atom is -0.459 e. The lowest BCUT2D eigenvalue weighted by Crippen LogP contribution is -2.14. The van der Waals surface area contributed by atoms with Gasteiger partial charge in [0.1, 0.15) is 10.8 Å². The Balaban J connectivity index is 1.50. The maximum absolute atomic E-state index is 13.5. The van der Waals surface area contributed by atoms with Gasteiger partial charge in [-0.05, 0) is 48.9 Å². The van der Waals surface area contributed by atoms with Crippen molar-refractivity contribution in [3.63, 3.8) is 0 Å². The van der Waals surface area contributed by atoms with E-state index in [1.807, 2.05) is 0 Å². The Hall–Kier alpha value is -3.20. The molecule has 3 aromatic rings. The second-order valence-corrected chi connectivity index (χ2v) is 6.48. The molecule has 0 bridgehead atoms. The highest BCUT2D eigenvalue weighted by Crippen LogP contribution is 2.18. The summed E-state index contributed by atoms with van der Waals surface area (Å²) in [6.07, 6.45) is 1.40. The Labute approximate surface area is 158 Å². The molecule has 0 aliphatic carbocycles. The van der Waals surface area contributed by atoms with Crippen molar-refractivity contribution in [2.45, 2.75) is 11.9 Å². The van der Waals surface area contributed by atoms with Crippen LogP contribution in [0.25, 0.3) is 0 Å². The molecule has 3 rings (SSSR count). The maximum Gasteiger partial charge on any atom is 0.292 e. The molecule has 0 atom stereocenters. The van der Waals surface area contributed by atoms with E-state index in [1.54, 1.807) is 37.3 Å². The van der Waals surface area contributed by atoms with Gasteiger partial charge in [0.15, 0.2) is 11.6 Å². The second-order valence-electron chi connectivity index (χ2n) is 5.49. The van der Waals surface area contributed by atoms with E-state index >= 15 is 0 Å². The van der Waals surface area contributed by atoms with Crippen LogP contribution in [0.4, 0.5) is 15.9 Å². The molecule has 9 heteroatoms. The van der Waals surface area contributed by atoms with Gasteiger partial charge in [0.05, 0.1) is 12.0 Å². The number of amides is 2. The van der Waals surface area contributed by atoms with E-state index in [-0.39, 0.29) is 29.1 Å². The van der Waals surface area contributed by atoms with Gasteiger partial charge in [-0.3, -0.25) is 9.59 Å². The number of anilines is 2. The van der Waals surface area contributed by atoms with Crippen LogP contribution < -0.4 is 10.6 Å². The highest BCUT2D eigenvalue weighted by molar-refractivity contribution is 7.99. The third kappa shape index (κ3) is 5.14. The molecular weight excluding hydrogens is 371 g/mol. The number of hydrogen-bond donors (Lipinski definition) is 2. The van der Waals surface area contributed by atoms with Crippen LogP contribution in [0.2, 0.25) is 0 Å². The number of benzene rings is 1. The molecule has 0 saturated heterocycles. The van der Waals surface area contributed by atoms with Crippen LogP contribution in [0.15, 0.2) is 58.2 Å². The van der Waals surface area contributed by atoms with Gasteiger partial charge in [-0.25, -0.2) is 4.39 Å². The van der Waals surface area contributed by atoms with Gasteiger partial charge in [-0.15, -0.1) is 10.2 Å². The van der Waals surface area contributed by atoms with E-state index in [4.69, 9.17) is 4.42 Å². The molecule has 0 spiro atoms. The molecule has 2 amide bonds. The highest BCUT2D eigenvalue weighted by atomic mass is 32.2. The molecule has 0 aliphatic heterocycles. The number of carbonyl (C=O) groups excluding carboxylic acids is 2. The van der Waals surface area contributed by atoms with Gasteiger partial charge in [0.25, 0.3) is 5.91 Å². The molecule has 2 N–H and O–H groups in total. The Kier molecular flexibility index (Phi) is 5.82. The van der Waals surface area contributed by atoms with Gasteiger partial charge < -0.3 is 15.1 Å². The number of hydrogen-bond acceptors (Lipinski definition) is 6. The number of nitrogens with zero attached hydrogens (tertiary/aromatic N) is 2. The topological polar surface area (TPSA) is 97.1 Å². The lowest BCUT2D eigenvalue weighted by molar-refractivity contribution is -0.113. The molecule has 27 heavy (non-hydrogen) atoms. The largest absolute Gasteiger partial charge is 0.459 e. The summed E-state index contributed by atoms with van der Waals surface area (Å²) >= 11 is 1.17. The van der Waals surface area contributed by atoms with Crippen molar-refractivity contribution in [1.82, 2.24) is 10.2 Å². The average molecular weight is 386 g/mol. The first-order valence-electron chi connectivity index (χ1n) is 7.88. The first kappa shape index (κ1) is 18.6. The van der Waals surface area contributed by atoms with Crippen molar-refractivity contribution in [3.05, 3.63) is 65.9 Å². The average Bonchev–Trinajstić information content (AvgIpc) is 3.19. The van der Waals surface area contributed by atoms with Crippen LogP contribution >= 0.6 is 11.8 Å². The first-order chi connectivity index (χ1) is 13.0. The van der Waals surface area contributed by atoms with E-state index in [9.17, 15) is 14.0 Å². The summed E-state index contributed by atoms with van der Waals surface area (Å²) in [5.74, 6) is -0.583. The fourth-order valence-corrected chi connectivity index (χ4v) is 2.67. The number of halogens is 1. The van der Waals surface area contributed by atoms with Crippen molar-refractivity contribution >= 4 is 35.1 Å². The van der Waals surface area contributed by atoms with Gasteiger partial charge >= 0.3 is 0 Å². The summed E-state index contributed by atoms with van der Waals surface area (Å²) in [6.45, 7) is 1.65. The Morgan fingerprint density at radius 3 is 2.67 bits per heavy atom. The fraction of sp³-hybridized carbons (Fsp3) is 0.111. The van der Waals surface area contributed by atoms with Crippen molar-refractivity contribution in [3.8, 4) is 0 Å². The minimum absolute atomic E-state index is 0.0856. The monoisotopic (exact) mass is 386 g/mol. The number of carbonyl (C=O) groups is 2. The molecule has 138 valence electrons. The Morgan fingerprint density at radius 1 is 1.15 bits per heavy atom. The number of furan rings is 1. The number of rotatable bonds is 6. The number of aromatic nitrogens is 2. The predicted octanol–water partition coefficient (Wildman–Crippen LogP) is 3.50. The number of thioether (sulfide) groups is 1. The normalized spacial score (nSPS) is 10.4. The van der Waals surface area contributed by atoms with E-state index < -0.39 is 5.91 Å². The summed E-state index contributed by atoms with van der Waals surface area (Å²) in [7, 11) is 0. The molecular formula is C18H15FN4O3S. The highest BCUT2D eigenvalue weighted by Gasteiger charge is 2.10. The summed E-state index contributed by atoms with van der Waals surface area (Å²) < 4.78 is 18.5. The van der Waals surface area contributed by atoms with Crippen LogP contribution in [-0.4, -0.2) is 27.8 Å². The summed E-state index contributed by atoms with van der Waals surface area (Å²) in [5, 5.41) is 13.5. The Morgan fingerprint density at radius 2 is 2.00 bits per heavy atom. The van der Waals surface area contributed by atoms with E-state index in [0.29, 0.717) is 16.3 Å². The lowest BCUT2D eigenvalue weighted by Gasteiger charge is -2.06. The molecule has 0 saturated carbocycles. The molecule has 2 heterocycles. The van der Waals surface area contributed by atoms with Crippen LogP contribution in [0, 0.1) is 12.7 Å². The van der Waals surface area contributed by atoms with Crippen LogP contribution in [-0.2, 0) is 4.79 Å². The molecule has 0 aliphatic rings. The zero-order valence-corrected chi connectivity index (χ0v) is 15.0. The van der Waals surface area contributed by atoms with Crippen molar-refractivity contribution in [2.75, 3.05) is 16.4 Å². The van der Waals surface area contributed by atoms with E-state index in [1.165, 1.54) is 30.2 Å². The van der Waals surface area contributed by atoms with Crippen molar-refractivity contribution in [1.29, 1.82) is 0 Å². The maximum atomic E-state index is 13.5. The zero-order chi connectivity index (χ0) is 19.2. The van der Waals surface area contributed by atoms with Gasteiger partial charge in [0, 0.05) is 5.69 Å². The van der Waals surface area contributed by atoms with E-state index in [2.05, 4.69) is 20.8 Å². The Bertz CT molecular complexity index is 946. The molecule has 0 unspecified atom stereocenters. The first-order valence-corrected chi connectivity index (χ1v) is 8.87. The standard InChI is InChI=1S/C18H15FN4O3S/c1-11-4-5-12(9-13(11)19)20-16(24)10-27-17-7-6-15(22-23-17)21-18(25)14-3-2-8-26-14/h2-9H,10H2,1H3,(H,20,24)(H,21,22,25). The number of aryl methyl sites for hydroxylation is 1. The van der Waals surface area contributed by atoms with Crippen LogP contribution in [0.5, 0.6) is 0 Å². The molecule has 7 nitrogen and oxygen atoms in total. The minimum atomic E-state index is -0.431. The van der Waals surface area contributed by atoms with Gasteiger partial charge in [-0.1, -0.05) is 17.8 Å². The molecule has 2 aromatic heterocycles.